The number of hydrogen-bond acceptors (Lipinski definition) is 2. The molecule has 1 saturated carbocycles. The minimum atomic E-state index is -0.272. The van der Waals surface area contributed by atoms with E-state index in [2.05, 4.69) is 28.6 Å². The molecule has 0 N–H and O–H groups in total. The normalized spacial score (nSPS) is 17.9. The van der Waals surface area contributed by atoms with Crippen molar-refractivity contribution in [3.8, 4) is 5.75 Å². The first kappa shape index (κ1) is 12.2. The Kier molecular flexibility index (Phi) is 3.80. The predicted molar refractivity (Wildman–Crippen MR) is 69.7 cm³/mol. The van der Waals surface area contributed by atoms with Crippen molar-refractivity contribution in [3.05, 3.63) is 28.5 Å². The summed E-state index contributed by atoms with van der Waals surface area (Å²) in [6.45, 7) is 0.624. The highest BCUT2D eigenvalue weighted by Crippen LogP contribution is 2.42. The quantitative estimate of drug-likeness (QED) is 0.825. The molecule has 1 fully saturated rings. The summed E-state index contributed by atoms with van der Waals surface area (Å²) in [7, 11) is 0. The summed E-state index contributed by atoms with van der Waals surface area (Å²) in [5.41, 5.74) is 0.203. The number of hydrogen-bond donors (Lipinski definition) is 1. The van der Waals surface area contributed by atoms with Crippen molar-refractivity contribution in [1.29, 1.82) is 0 Å². The smallest absolute Gasteiger partial charge is 0.136 e. The van der Waals surface area contributed by atoms with Gasteiger partial charge in [0.1, 0.15) is 11.6 Å². The largest absolute Gasteiger partial charge is 0.492 e. The van der Waals surface area contributed by atoms with E-state index in [1.165, 1.54) is 18.6 Å². The van der Waals surface area contributed by atoms with Gasteiger partial charge in [0, 0.05) is 11.5 Å². The summed E-state index contributed by atoms with van der Waals surface area (Å²) in [5, 5.41) is 0. The van der Waals surface area contributed by atoms with Crippen LogP contribution in [0.3, 0.4) is 0 Å². The van der Waals surface area contributed by atoms with Crippen LogP contribution in [-0.2, 0) is 0 Å². The lowest BCUT2D eigenvalue weighted by Crippen LogP contribution is -2.37. The number of ether oxygens (including phenoxy) is 1. The summed E-state index contributed by atoms with van der Waals surface area (Å²) in [4.78, 5) is 0. The van der Waals surface area contributed by atoms with Gasteiger partial charge in [0.25, 0.3) is 0 Å². The van der Waals surface area contributed by atoms with Crippen LogP contribution in [0.25, 0.3) is 0 Å². The highest BCUT2D eigenvalue weighted by atomic mass is 79.9. The van der Waals surface area contributed by atoms with E-state index in [9.17, 15) is 4.39 Å². The zero-order chi connectivity index (χ0) is 11.6. The van der Waals surface area contributed by atoms with E-state index in [1.54, 1.807) is 6.07 Å². The van der Waals surface area contributed by atoms with Crippen LogP contribution in [-0.4, -0.2) is 12.4 Å². The van der Waals surface area contributed by atoms with Crippen LogP contribution in [0.2, 0.25) is 0 Å². The average Bonchev–Trinajstić information content (AvgIpc) is 2.22. The fourth-order valence-corrected chi connectivity index (χ4v) is 2.61. The van der Waals surface area contributed by atoms with Gasteiger partial charge in [-0.25, -0.2) is 4.39 Å². The molecule has 0 amide bonds. The second-order valence-corrected chi connectivity index (χ2v) is 5.55. The van der Waals surface area contributed by atoms with Crippen molar-refractivity contribution in [3.63, 3.8) is 0 Å². The molecule has 4 heteroatoms. The number of thiol groups is 1. The molecular formula is C12H14BrFOS. The molecule has 0 spiro atoms. The molecular weight excluding hydrogens is 291 g/mol. The van der Waals surface area contributed by atoms with Gasteiger partial charge in [0.2, 0.25) is 0 Å². The predicted octanol–water partition coefficient (Wildman–Crippen LogP) is 4.07. The number of halogens is 2. The van der Waals surface area contributed by atoms with E-state index in [0.29, 0.717) is 12.4 Å². The van der Waals surface area contributed by atoms with Gasteiger partial charge in [-0.2, -0.15) is 12.6 Å². The van der Waals surface area contributed by atoms with Crippen molar-refractivity contribution in [1.82, 2.24) is 0 Å². The van der Waals surface area contributed by atoms with Crippen LogP contribution in [0.1, 0.15) is 19.3 Å². The summed E-state index contributed by atoms with van der Waals surface area (Å²) in [5.74, 6) is 1.14. The number of rotatable bonds is 4. The molecule has 1 aliphatic rings. The van der Waals surface area contributed by atoms with E-state index >= 15 is 0 Å². The molecule has 88 valence electrons. The third kappa shape index (κ3) is 2.54. The summed E-state index contributed by atoms with van der Waals surface area (Å²) >= 11 is 7.71. The first-order valence-electron chi connectivity index (χ1n) is 5.34. The SMILES string of the molecule is Fc1ccc(Br)c(OCC2(CS)CCC2)c1. The topological polar surface area (TPSA) is 9.23 Å². The summed E-state index contributed by atoms with van der Waals surface area (Å²) in [6, 6.07) is 4.49. The van der Waals surface area contributed by atoms with Crippen molar-refractivity contribution in [2.75, 3.05) is 12.4 Å². The van der Waals surface area contributed by atoms with Crippen LogP contribution in [0.4, 0.5) is 4.39 Å². The molecule has 1 aromatic carbocycles. The van der Waals surface area contributed by atoms with E-state index in [0.717, 1.165) is 23.1 Å². The molecule has 0 heterocycles. The van der Waals surface area contributed by atoms with Crippen molar-refractivity contribution >= 4 is 28.6 Å². The van der Waals surface area contributed by atoms with E-state index in [4.69, 9.17) is 4.74 Å². The maximum atomic E-state index is 13.0. The van der Waals surface area contributed by atoms with Gasteiger partial charge in [0.15, 0.2) is 0 Å². The molecule has 2 rings (SSSR count). The maximum absolute atomic E-state index is 13.0. The lowest BCUT2D eigenvalue weighted by atomic mass is 9.71. The molecule has 0 radical (unpaired) electrons. The van der Waals surface area contributed by atoms with Gasteiger partial charge in [0.05, 0.1) is 11.1 Å². The van der Waals surface area contributed by atoms with Gasteiger partial charge >= 0.3 is 0 Å². The first-order chi connectivity index (χ1) is 7.65. The Morgan fingerprint density at radius 3 is 2.75 bits per heavy atom. The molecule has 0 aromatic heterocycles. The molecule has 0 unspecified atom stereocenters. The third-order valence-electron chi connectivity index (χ3n) is 3.18. The van der Waals surface area contributed by atoms with E-state index < -0.39 is 0 Å². The first-order valence-corrected chi connectivity index (χ1v) is 6.76. The Morgan fingerprint density at radius 2 is 2.19 bits per heavy atom. The van der Waals surface area contributed by atoms with Gasteiger partial charge in [-0.3, -0.25) is 0 Å². The molecule has 1 nitrogen and oxygen atoms in total. The maximum Gasteiger partial charge on any atom is 0.136 e. The van der Waals surface area contributed by atoms with Crippen LogP contribution in [0.5, 0.6) is 5.75 Å². The fourth-order valence-electron chi connectivity index (χ4n) is 1.84. The van der Waals surface area contributed by atoms with Crippen LogP contribution >= 0.6 is 28.6 Å². The van der Waals surface area contributed by atoms with Crippen molar-refractivity contribution < 1.29 is 9.13 Å². The highest BCUT2D eigenvalue weighted by molar-refractivity contribution is 9.10. The van der Waals surface area contributed by atoms with Crippen LogP contribution in [0, 0.1) is 11.2 Å². The Labute approximate surface area is 109 Å². The molecule has 0 bridgehead atoms. The monoisotopic (exact) mass is 304 g/mol. The molecule has 1 aromatic rings. The van der Waals surface area contributed by atoms with Crippen LogP contribution in [0.15, 0.2) is 22.7 Å². The van der Waals surface area contributed by atoms with Crippen molar-refractivity contribution in [2.45, 2.75) is 19.3 Å². The van der Waals surface area contributed by atoms with Gasteiger partial charge in [-0.15, -0.1) is 0 Å². The third-order valence-corrected chi connectivity index (χ3v) is 4.50. The highest BCUT2D eigenvalue weighted by Gasteiger charge is 2.36. The lowest BCUT2D eigenvalue weighted by molar-refractivity contribution is 0.0823. The van der Waals surface area contributed by atoms with Crippen LogP contribution < -0.4 is 4.74 Å². The van der Waals surface area contributed by atoms with Gasteiger partial charge < -0.3 is 4.74 Å². The second kappa shape index (κ2) is 4.96. The standard InChI is InChI=1S/C12H14BrFOS/c13-10-3-2-9(14)6-11(10)15-7-12(8-16)4-1-5-12/h2-3,6,16H,1,4-5,7-8H2. The van der Waals surface area contributed by atoms with E-state index in [-0.39, 0.29) is 11.2 Å². The van der Waals surface area contributed by atoms with E-state index in [1.807, 2.05) is 0 Å². The lowest BCUT2D eigenvalue weighted by Gasteiger charge is -2.40. The molecule has 16 heavy (non-hydrogen) atoms. The minimum absolute atomic E-state index is 0.203. The molecule has 0 saturated heterocycles. The number of benzene rings is 1. The Bertz CT molecular complexity index is 374. The van der Waals surface area contributed by atoms with Gasteiger partial charge in [-0.1, -0.05) is 6.42 Å². The van der Waals surface area contributed by atoms with Gasteiger partial charge in [-0.05, 0) is 46.7 Å². The Hall–Kier alpha value is -0.220. The zero-order valence-electron chi connectivity index (χ0n) is 8.88. The average molecular weight is 305 g/mol. The molecule has 0 atom stereocenters. The second-order valence-electron chi connectivity index (χ2n) is 4.38. The Morgan fingerprint density at radius 1 is 1.44 bits per heavy atom. The summed E-state index contributed by atoms with van der Waals surface area (Å²) in [6.07, 6.45) is 3.56. The zero-order valence-corrected chi connectivity index (χ0v) is 11.4. The summed E-state index contributed by atoms with van der Waals surface area (Å²) < 4.78 is 19.5. The molecule has 1 aliphatic carbocycles. The fraction of sp³-hybridized carbons (Fsp3) is 0.500. The minimum Gasteiger partial charge on any atom is -0.492 e. The Balaban J connectivity index is 2.01. The molecule has 0 aliphatic heterocycles. The van der Waals surface area contributed by atoms with Crippen molar-refractivity contribution in [2.24, 2.45) is 5.41 Å².